The minimum atomic E-state index is -0.774. The van der Waals surface area contributed by atoms with Crippen molar-refractivity contribution in [3.05, 3.63) is 108 Å². The van der Waals surface area contributed by atoms with Gasteiger partial charge in [-0.2, -0.15) is 0 Å². The van der Waals surface area contributed by atoms with Crippen molar-refractivity contribution in [3.8, 4) is 0 Å². The van der Waals surface area contributed by atoms with Crippen molar-refractivity contribution in [3.63, 3.8) is 0 Å². The van der Waals surface area contributed by atoms with Gasteiger partial charge in [0.1, 0.15) is 23.9 Å². The van der Waals surface area contributed by atoms with Crippen molar-refractivity contribution in [2.24, 2.45) is 0 Å². The van der Waals surface area contributed by atoms with E-state index in [0.29, 0.717) is 6.61 Å². The van der Waals surface area contributed by atoms with Crippen LogP contribution in [0.4, 0.5) is 0 Å². The van der Waals surface area contributed by atoms with E-state index in [1.165, 1.54) is 0 Å². The Balaban J connectivity index is 1.55. The molecule has 2 aliphatic heterocycles. The molecule has 3 aromatic rings. The fourth-order valence-electron chi connectivity index (χ4n) is 5.01. The van der Waals surface area contributed by atoms with Crippen LogP contribution in [0.25, 0.3) is 0 Å². The molecule has 0 aromatic heterocycles. The molecule has 0 saturated carbocycles. The Morgan fingerprint density at radius 2 is 1.16 bits per heavy atom. The number of hydrogen-bond donors (Lipinski definition) is 0. The smallest absolute Gasteiger partial charge is 0.164 e. The molecule has 0 radical (unpaired) electrons. The van der Waals surface area contributed by atoms with Crippen molar-refractivity contribution in [1.29, 1.82) is 0 Å². The summed E-state index contributed by atoms with van der Waals surface area (Å²) >= 11 is 0. The van der Waals surface area contributed by atoms with Gasteiger partial charge in [0.25, 0.3) is 0 Å². The lowest BCUT2D eigenvalue weighted by atomic mass is 9.80. The molecule has 2 unspecified atom stereocenters. The van der Waals surface area contributed by atoms with E-state index in [2.05, 4.69) is 72.8 Å². The molecule has 2 aliphatic rings. The number of ether oxygens (including phenoxy) is 4. The van der Waals surface area contributed by atoms with Crippen LogP contribution in [0, 0.1) is 0 Å². The monoisotopic (exact) mass is 430 g/mol. The first kappa shape index (κ1) is 21.4. The second-order valence-corrected chi connectivity index (χ2v) is 9.03. The third kappa shape index (κ3) is 3.78. The second kappa shape index (κ2) is 8.45. The van der Waals surface area contributed by atoms with E-state index in [-0.39, 0.29) is 24.4 Å². The fraction of sp³-hybridized carbons (Fsp3) is 0.357. The average Bonchev–Trinajstić information content (AvgIpc) is 3.29. The maximum atomic E-state index is 6.94. The van der Waals surface area contributed by atoms with Gasteiger partial charge < -0.3 is 18.9 Å². The van der Waals surface area contributed by atoms with Crippen LogP contribution < -0.4 is 0 Å². The normalized spacial score (nSPS) is 26.7. The summed E-state index contributed by atoms with van der Waals surface area (Å²) in [4.78, 5) is 0. The maximum Gasteiger partial charge on any atom is 0.164 e. The maximum absolute atomic E-state index is 6.94. The Morgan fingerprint density at radius 1 is 0.719 bits per heavy atom. The van der Waals surface area contributed by atoms with Gasteiger partial charge in [0.05, 0.1) is 12.7 Å². The molecule has 0 aliphatic carbocycles. The molecule has 5 rings (SSSR count). The van der Waals surface area contributed by atoms with Crippen LogP contribution in [-0.2, 0) is 24.5 Å². The van der Waals surface area contributed by atoms with Gasteiger partial charge >= 0.3 is 0 Å². The predicted molar refractivity (Wildman–Crippen MR) is 123 cm³/mol. The zero-order valence-electron chi connectivity index (χ0n) is 18.8. The third-order valence-corrected chi connectivity index (χ3v) is 6.39. The third-order valence-electron chi connectivity index (χ3n) is 6.39. The Morgan fingerprint density at radius 3 is 1.62 bits per heavy atom. The van der Waals surface area contributed by atoms with E-state index < -0.39 is 11.4 Å². The second-order valence-electron chi connectivity index (χ2n) is 9.03. The van der Waals surface area contributed by atoms with Gasteiger partial charge in [-0.1, -0.05) is 91.0 Å². The molecule has 4 atom stereocenters. The number of fused-ring (bicyclic) bond motifs is 1. The molecule has 32 heavy (non-hydrogen) atoms. The van der Waals surface area contributed by atoms with E-state index in [4.69, 9.17) is 18.9 Å². The number of benzene rings is 3. The van der Waals surface area contributed by atoms with Crippen LogP contribution in [0.15, 0.2) is 91.0 Å². The van der Waals surface area contributed by atoms with Gasteiger partial charge in [0, 0.05) is 0 Å². The first-order valence-corrected chi connectivity index (χ1v) is 11.3. The van der Waals surface area contributed by atoms with Crippen molar-refractivity contribution in [1.82, 2.24) is 0 Å². The molecule has 4 heteroatoms. The molecule has 3 aromatic carbocycles. The summed E-state index contributed by atoms with van der Waals surface area (Å²) in [5.74, 6) is -0.610. The van der Waals surface area contributed by atoms with Crippen molar-refractivity contribution in [2.75, 3.05) is 6.61 Å². The summed E-state index contributed by atoms with van der Waals surface area (Å²) in [5.41, 5.74) is 2.44. The van der Waals surface area contributed by atoms with E-state index in [0.717, 1.165) is 16.7 Å². The van der Waals surface area contributed by atoms with E-state index in [1.807, 2.05) is 39.0 Å². The molecule has 4 nitrogen and oxygen atoms in total. The first-order chi connectivity index (χ1) is 15.5. The van der Waals surface area contributed by atoms with E-state index in [1.54, 1.807) is 0 Å². The standard InChI is InChI=1S/C28H30O4/c1-20-25-26(32-27(2,3)31-25)24(30-20)19-29-28(21-13-7-4-8-14-21,22-15-9-5-10-16-22)23-17-11-6-12-18-23/h4-18,20,24-26H,19H2,1-3H3/t20?,24?,25-,26+/m0/s1. The summed E-state index contributed by atoms with van der Waals surface area (Å²) in [6.45, 7) is 6.33. The molecule has 0 amide bonds. The largest absolute Gasteiger partial charge is 0.367 e. The Labute approximate surface area is 190 Å². The highest BCUT2D eigenvalue weighted by Gasteiger charge is 2.54. The van der Waals surface area contributed by atoms with Crippen molar-refractivity contribution < 1.29 is 18.9 Å². The quantitative estimate of drug-likeness (QED) is 0.497. The fourth-order valence-corrected chi connectivity index (χ4v) is 5.01. The molecule has 0 spiro atoms. The average molecular weight is 431 g/mol. The van der Waals surface area contributed by atoms with Crippen LogP contribution in [0.1, 0.15) is 37.5 Å². The molecule has 2 saturated heterocycles. The summed E-state index contributed by atoms with van der Waals surface area (Å²) < 4.78 is 25.5. The molecule has 2 fully saturated rings. The van der Waals surface area contributed by atoms with Gasteiger partial charge in [0.15, 0.2) is 5.79 Å². The van der Waals surface area contributed by atoms with Crippen LogP contribution >= 0.6 is 0 Å². The zero-order chi connectivity index (χ0) is 22.2. The lowest BCUT2D eigenvalue weighted by Gasteiger charge is -2.37. The Kier molecular flexibility index (Phi) is 5.64. The zero-order valence-corrected chi connectivity index (χ0v) is 18.8. The van der Waals surface area contributed by atoms with Gasteiger partial charge in [-0.15, -0.1) is 0 Å². The number of hydrogen-bond acceptors (Lipinski definition) is 4. The summed E-state index contributed by atoms with van der Waals surface area (Å²) in [6.07, 6.45) is -0.500. The number of rotatable bonds is 6. The lowest BCUT2D eigenvalue weighted by molar-refractivity contribution is -0.193. The SMILES string of the molecule is CC1OC(COC(c2ccccc2)(c2ccccc2)c2ccccc2)[C@H]2OC(C)(C)O[C@@H]12. The summed E-state index contributed by atoms with van der Waals surface area (Å²) in [7, 11) is 0. The van der Waals surface area contributed by atoms with Gasteiger partial charge in [-0.05, 0) is 37.5 Å². The lowest BCUT2D eigenvalue weighted by Crippen LogP contribution is -2.39. The van der Waals surface area contributed by atoms with Gasteiger partial charge in [-0.25, -0.2) is 0 Å². The van der Waals surface area contributed by atoms with Gasteiger partial charge in [0.2, 0.25) is 0 Å². The van der Waals surface area contributed by atoms with Crippen LogP contribution in [0.2, 0.25) is 0 Å². The highest BCUT2D eigenvalue weighted by Crippen LogP contribution is 2.43. The first-order valence-electron chi connectivity index (χ1n) is 11.3. The van der Waals surface area contributed by atoms with Crippen LogP contribution in [-0.4, -0.2) is 36.8 Å². The molecule has 166 valence electrons. The van der Waals surface area contributed by atoms with Crippen molar-refractivity contribution >= 4 is 0 Å². The van der Waals surface area contributed by atoms with Crippen LogP contribution in [0.3, 0.4) is 0 Å². The molecule has 0 N–H and O–H groups in total. The Hall–Kier alpha value is -2.50. The molecule has 2 heterocycles. The minimum absolute atomic E-state index is 0.0463. The van der Waals surface area contributed by atoms with Crippen molar-refractivity contribution in [2.45, 2.75) is 56.6 Å². The predicted octanol–water partition coefficient (Wildman–Crippen LogP) is 5.30. The molecular formula is C28H30O4. The Bertz CT molecular complexity index is 922. The highest BCUT2D eigenvalue weighted by atomic mass is 16.8. The topological polar surface area (TPSA) is 36.9 Å². The minimum Gasteiger partial charge on any atom is -0.367 e. The molecule has 0 bridgehead atoms. The summed E-state index contributed by atoms with van der Waals surface area (Å²) in [6, 6.07) is 31.2. The van der Waals surface area contributed by atoms with Gasteiger partial charge in [-0.3, -0.25) is 0 Å². The molecular weight excluding hydrogens is 400 g/mol. The highest BCUT2D eigenvalue weighted by molar-refractivity contribution is 5.47. The van der Waals surface area contributed by atoms with Crippen LogP contribution in [0.5, 0.6) is 0 Å². The van der Waals surface area contributed by atoms with E-state index in [9.17, 15) is 0 Å². The van der Waals surface area contributed by atoms with E-state index >= 15 is 0 Å². The summed E-state index contributed by atoms with van der Waals surface area (Å²) in [5, 5.41) is 0.